The van der Waals surface area contributed by atoms with Crippen molar-refractivity contribution in [3.8, 4) is 0 Å². The number of carbonyl (C=O) groups excluding carboxylic acids is 3. The minimum atomic E-state index is -1.80. The van der Waals surface area contributed by atoms with Crippen LogP contribution in [0.25, 0.3) is 0 Å². The largest absolute Gasteiger partial charge is 0.457 e. The molecular formula is C30H37NO7. The minimum absolute atomic E-state index is 0.195. The maximum Gasteiger partial charge on any atom is 0.303 e. The topological polar surface area (TPSA) is 125 Å². The normalized spacial score (nSPS) is 45.5. The number of aliphatic hydroxyl groups excluding tert-OH is 1. The Hall–Kier alpha value is -2.81. The van der Waals surface area contributed by atoms with Gasteiger partial charge in [0.15, 0.2) is 5.78 Å². The maximum absolute atomic E-state index is 14.3. The summed E-state index contributed by atoms with van der Waals surface area (Å²) >= 11 is 0. The Bertz CT molecular complexity index is 1180. The Morgan fingerprint density at radius 1 is 1.18 bits per heavy atom. The van der Waals surface area contributed by atoms with Gasteiger partial charge in [-0.3, -0.25) is 14.4 Å². The molecule has 38 heavy (non-hydrogen) atoms. The molecule has 4 aliphatic rings. The number of ether oxygens (including phenoxy) is 2. The number of hydrogen-bond acceptors (Lipinski definition) is 7. The Morgan fingerprint density at radius 2 is 1.89 bits per heavy atom. The van der Waals surface area contributed by atoms with Crippen LogP contribution in [-0.2, 0) is 30.3 Å². The molecule has 2 heterocycles. The number of Topliss-reactive ketones (excluding diaryl/α,β-unsaturated/α-hetero) is 1. The molecule has 0 bridgehead atoms. The van der Waals surface area contributed by atoms with E-state index in [1.165, 1.54) is 26.0 Å². The van der Waals surface area contributed by atoms with Crippen LogP contribution in [0.3, 0.4) is 0 Å². The Morgan fingerprint density at radius 3 is 2.55 bits per heavy atom. The van der Waals surface area contributed by atoms with Crippen LogP contribution in [0.2, 0.25) is 0 Å². The second-order valence-electron chi connectivity index (χ2n) is 11.7. The summed E-state index contributed by atoms with van der Waals surface area (Å²) in [5.41, 5.74) is -2.85. The Labute approximate surface area is 223 Å². The molecule has 8 nitrogen and oxygen atoms in total. The Kier molecular flexibility index (Phi) is 6.65. The third-order valence-corrected chi connectivity index (χ3v) is 9.34. The van der Waals surface area contributed by atoms with E-state index in [2.05, 4.69) is 5.32 Å². The van der Waals surface area contributed by atoms with Gasteiger partial charge in [-0.25, -0.2) is 0 Å². The molecule has 1 aromatic rings. The molecular weight excluding hydrogens is 486 g/mol. The highest BCUT2D eigenvalue weighted by molar-refractivity contribution is 5.91. The van der Waals surface area contributed by atoms with Crippen molar-refractivity contribution in [2.45, 2.75) is 70.0 Å². The zero-order chi connectivity index (χ0) is 27.5. The first kappa shape index (κ1) is 26.8. The second kappa shape index (κ2) is 9.43. The summed E-state index contributed by atoms with van der Waals surface area (Å²) < 4.78 is 12.1. The van der Waals surface area contributed by atoms with Gasteiger partial charge in [-0.15, -0.1) is 0 Å². The summed E-state index contributed by atoms with van der Waals surface area (Å²) in [7, 11) is 0. The van der Waals surface area contributed by atoms with Gasteiger partial charge in [0.05, 0.1) is 12.7 Å². The van der Waals surface area contributed by atoms with E-state index in [0.29, 0.717) is 12.8 Å². The maximum atomic E-state index is 14.3. The van der Waals surface area contributed by atoms with Crippen molar-refractivity contribution in [3.05, 3.63) is 60.2 Å². The van der Waals surface area contributed by atoms with Gasteiger partial charge in [0.1, 0.15) is 22.7 Å². The van der Waals surface area contributed by atoms with E-state index in [-0.39, 0.29) is 36.2 Å². The summed E-state index contributed by atoms with van der Waals surface area (Å²) in [6.45, 7) is 6.25. The van der Waals surface area contributed by atoms with Crippen LogP contribution in [0, 0.1) is 29.1 Å². The summed E-state index contributed by atoms with van der Waals surface area (Å²) in [4.78, 5) is 39.7. The van der Waals surface area contributed by atoms with E-state index in [1.807, 2.05) is 49.4 Å². The number of allylic oxidation sites excluding steroid dienone is 1. The fraction of sp³-hybridized carbons (Fsp3) is 0.567. The molecule has 1 amide bonds. The molecule has 1 aromatic carbocycles. The van der Waals surface area contributed by atoms with E-state index in [0.717, 1.165) is 5.56 Å². The molecule has 1 saturated carbocycles. The Balaban J connectivity index is 1.71. The highest BCUT2D eigenvalue weighted by atomic mass is 16.6. The molecule has 0 radical (unpaired) electrons. The average molecular weight is 524 g/mol. The average Bonchev–Trinajstić information content (AvgIpc) is 3.56. The number of epoxide rings is 1. The predicted molar refractivity (Wildman–Crippen MR) is 139 cm³/mol. The molecule has 0 unspecified atom stereocenters. The van der Waals surface area contributed by atoms with Crippen LogP contribution < -0.4 is 5.32 Å². The van der Waals surface area contributed by atoms with E-state index < -0.39 is 46.6 Å². The van der Waals surface area contributed by atoms with Gasteiger partial charge in [0.2, 0.25) is 5.91 Å². The van der Waals surface area contributed by atoms with Crippen LogP contribution >= 0.6 is 0 Å². The monoisotopic (exact) mass is 523 g/mol. The first-order chi connectivity index (χ1) is 18.0. The first-order valence-electron chi connectivity index (χ1n) is 13.4. The molecule has 2 aliphatic carbocycles. The van der Waals surface area contributed by atoms with Gasteiger partial charge in [-0.2, -0.15) is 0 Å². The second-order valence-corrected chi connectivity index (χ2v) is 11.7. The summed E-state index contributed by atoms with van der Waals surface area (Å²) in [5.74, 6) is -2.85. The summed E-state index contributed by atoms with van der Waals surface area (Å²) in [5, 5.41) is 24.8. The zero-order valence-electron chi connectivity index (χ0n) is 22.3. The molecule has 10 atom stereocenters. The summed E-state index contributed by atoms with van der Waals surface area (Å²) in [6, 6.07) is 9.53. The number of fused-ring (bicyclic) bond motifs is 2. The van der Waals surface area contributed by atoms with Crippen molar-refractivity contribution in [2.75, 3.05) is 6.61 Å². The SMILES string of the molecule is CC(=O)O[C@@H]1/C=C/[C@@](C)(O)C(=O)[C@@H](C)C/C=C/[C@H]2[C@@H]3O[C@]3(CO)[C@@H](C)[C@H]3[C@H](Cc4ccccc4)NC(=O)[C@@]312. The van der Waals surface area contributed by atoms with Crippen molar-refractivity contribution in [3.63, 3.8) is 0 Å². The third kappa shape index (κ3) is 3.96. The van der Waals surface area contributed by atoms with Gasteiger partial charge in [-0.1, -0.05) is 56.3 Å². The van der Waals surface area contributed by atoms with Crippen molar-refractivity contribution < 1.29 is 34.1 Å². The van der Waals surface area contributed by atoms with E-state index >= 15 is 0 Å². The molecule has 8 heteroatoms. The molecule has 204 valence electrons. The number of carbonyl (C=O) groups is 3. The molecule has 2 saturated heterocycles. The number of hydrogen-bond donors (Lipinski definition) is 3. The van der Waals surface area contributed by atoms with Gasteiger partial charge in [0, 0.05) is 30.7 Å². The number of nitrogens with one attached hydrogen (secondary N) is 1. The third-order valence-electron chi connectivity index (χ3n) is 9.34. The zero-order valence-corrected chi connectivity index (χ0v) is 22.3. The smallest absolute Gasteiger partial charge is 0.303 e. The molecule has 3 fully saturated rings. The predicted octanol–water partition coefficient (Wildman–Crippen LogP) is 2.13. The molecule has 2 aliphatic heterocycles. The molecule has 5 rings (SSSR count). The van der Waals surface area contributed by atoms with Gasteiger partial charge < -0.3 is 25.0 Å². The number of rotatable bonds is 4. The number of ketones is 1. The quantitative estimate of drug-likeness (QED) is 0.314. The van der Waals surface area contributed by atoms with E-state index in [1.54, 1.807) is 6.92 Å². The van der Waals surface area contributed by atoms with Crippen molar-refractivity contribution in [1.82, 2.24) is 5.32 Å². The number of esters is 1. The lowest BCUT2D eigenvalue weighted by molar-refractivity contribution is -0.163. The van der Waals surface area contributed by atoms with Gasteiger partial charge in [-0.05, 0) is 43.4 Å². The lowest BCUT2D eigenvalue weighted by Gasteiger charge is -2.49. The van der Waals surface area contributed by atoms with E-state index in [9.17, 15) is 24.6 Å². The lowest BCUT2D eigenvalue weighted by atomic mass is 9.51. The fourth-order valence-electron chi connectivity index (χ4n) is 7.46. The van der Waals surface area contributed by atoms with Gasteiger partial charge in [0.25, 0.3) is 0 Å². The number of amides is 1. The van der Waals surface area contributed by atoms with Crippen molar-refractivity contribution in [1.29, 1.82) is 0 Å². The van der Waals surface area contributed by atoms with E-state index in [4.69, 9.17) is 9.47 Å². The first-order valence-corrected chi connectivity index (χ1v) is 13.4. The number of benzene rings is 1. The van der Waals surface area contributed by atoms with Crippen LogP contribution in [0.5, 0.6) is 0 Å². The lowest BCUT2D eigenvalue weighted by Crippen LogP contribution is -2.61. The minimum Gasteiger partial charge on any atom is -0.457 e. The molecule has 1 spiro atoms. The molecule has 3 N–H and O–H groups in total. The van der Waals surface area contributed by atoms with Crippen LogP contribution in [0.4, 0.5) is 0 Å². The number of aliphatic hydroxyl groups is 2. The van der Waals surface area contributed by atoms with Crippen LogP contribution in [0.1, 0.15) is 39.7 Å². The van der Waals surface area contributed by atoms with Crippen LogP contribution in [0.15, 0.2) is 54.6 Å². The van der Waals surface area contributed by atoms with Crippen molar-refractivity contribution >= 4 is 17.7 Å². The highest BCUT2D eigenvalue weighted by Gasteiger charge is 2.80. The van der Waals surface area contributed by atoms with Crippen molar-refractivity contribution in [2.24, 2.45) is 29.1 Å². The summed E-state index contributed by atoms with van der Waals surface area (Å²) in [6.07, 6.45) is 6.01. The highest BCUT2D eigenvalue weighted by Crippen LogP contribution is 2.67. The van der Waals surface area contributed by atoms with Gasteiger partial charge >= 0.3 is 5.97 Å². The fourth-order valence-corrected chi connectivity index (χ4v) is 7.46. The van der Waals surface area contributed by atoms with Crippen LogP contribution in [-0.4, -0.2) is 63.9 Å². The molecule has 0 aromatic heterocycles. The standard InChI is InChI=1S/C30H37NO7/c1-17-9-8-12-21-26-29(16-32,38-26)18(2)24-22(15-20-10-6-5-7-11-20)31-27(35)30(21,24)23(37-19(3)33)13-14-28(4,36)25(17)34/h5-8,10-14,17-18,21-24,26,32,36H,9,15-16H2,1-4H3,(H,31,35)/b12-8+,14-13+/t17-,18-,21-,22-,23+,24-,26-,28+,29+,30+/m0/s1.